The fraction of sp³-hybridized carbons (Fsp3) is 0.917. The molecule has 4 heteroatoms. The van der Waals surface area contributed by atoms with E-state index in [4.69, 9.17) is 4.74 Å². The van der Waals surface area contributed by atoms with Crippen molar-refractivity contribution in [3.8, 4) is 0 Å². The molecule has 0 aromatic carbocycles. The maximum absolute atomic E-state index is 12.1. The highest BCUT2D eigenvalue weighted by molar-refractivity contribution is 5.81. The molecule has 1 N–H and O–H groups in total. The number of nitrogens with one attached hydrogen (secondary N) is 1. The number of carbonyl (C=O) groups is 1. The second kappa shape index (κ2) is 5.64. The number of rotatable bonds is 2. The molecule has 92 valence electrons. The predicted molar refractivity (Wildman–Crippen MR) is 62.3 cm³/mol. The largest absolute Gasteiger partial charge is 0.368 e. The van der Waals surface area contributed by atoms with Gasteiger partial charge in [0.2, 0.25) is 0 Å². The van der Waals surface area contributed by atoms with Crippen LogP contribution in [0.2, 0.25) is 0 Å². The zero-order valence-electron chi connectivity index (χ0n) is 10.1. The number of carbonyl (C=O) groups excluding carboxylic acids is 1. The second-order valence-electron chi connectivity index (χ2n) is 4.79. The van der Waals surface area contributed by atoms with Crippen molar-refractivity contribution < 1.29 is 9.53 Å². The van der Waals surface area contributed by atoms with E-state index in [0.29, 0.717) is 6.04 Å². The molecule has 1 unspecified atom stereocenters. The summed E-state index contributed by atoms with van der Waals surface area (Å²) in [6.07, 6.45) is 5.09. The average Bonchev–Trinajstić information content (AvgIpc) is 2.70. The number of hydrogen-bond acceptors (Lipinski definition) is 3. The van der Waals surface area contributed by atoms with Crippen LogP contribution >= 0.6 is 0 Å². The zero-order valence-corrected chi connectivity index (χ0v) is 10.1. The topological polar surface area (TPSA) is 41.6 Å². The molecule has 2 rings (SSSR count). The molecule has 16 heavy (non-hydrogen) atoms. The van der Waals surface area contributed by atoms with Crippen LogP contribution in [0, 0.1) is 0 Å². The molecular formula is C12H22N2O2. The molecule has 0 saturated carbocycles. The molecule has 2 saturated heterocycles. The first-order valence-electron chi connectivity index (χ1n) is 6.38. The molecule has 2 aliphatic heterocycles. The smallest absolute Gasteiger partial charge is 0.251 e. The fourth-order valence-corrected chi connectivity index (χ4v) is 2.57. The summed E-state index contributed by atoms with van der Waals surface area (Å²) in [5.41, 5.74) is 0. The summed E-state index contributed by atoms with van der Waals surface area (Å²) in [5, 5.41) is 3.37. The van der Waals surface area contributed by atoms with Gasteiger partial charge in [-0.05, 0) is 45.2 Å². The molecule has 0 aliphatic carbocycles. The van der Waals surface area contributed by atoms with Crippen LogP contribution in [0.15, 0.2) is 0 Å². The fourth-order valence-electron chi connectivity index (χ4n) is 2.57. The van der Waals surface area contributed by atoms with Gasteiger partial charge < -0.3 is 15.0 Å². The van der Waals surface area contributed by atoms with E-state index in [1.807, 2.05) is 11.9 Å². The highest BCUT2D eigenvalue weighted by Gasteiger charge is 2.30. The van der Waals surface area contributed by atoms with Crippen LogP contribution in [0.1, 0.15) is 32.1 Å². The molecule has 0 aromatic rings. The summed E-state index contributed by atoms with van der Waals surface area (Å²) in [7, 11) is 1.93. The first-order valence-corrected chi connectivity index (χ1v) is 6.38. The molecule has 2 heterocycles. The minimum atomic E-state index is -0.166. The Morgan fingerprint density at radius 3 is 2.88 bits per heavy atom. The molecule has 0 spiro atoms. The van der Waals surface area contributed by atoms with E-state index in [0.717, 1.165) is 51.8 Å². The van der Waals surface area contributed by atoms with Crippen LogP contribution in [-0.4, -0.2) is 49.7 Å². The van der Waals surface area contributed by atoms with E-state index >= 15 is 0 Å². The summed E-state index contributed by atoms with van der Waals surface area (Å²) in [6.45, 7) is 2.85. The van der Waals surface area contributed by atoms with Crippen LogP contribution < -0.4 is 5.32 Å². The van der Waals surface area contributed by atoms with Gasteiger partial charge in [-0.2, -0.15) is 0 Å². The Morgan fingerprint density at radius 2 is 2.12 bits per heavy atom. The Bertz CT molecular complexity index is 231. The molecule has 0 bridgehead atoms. The second-order valence-corrected chi connectivity index (χ2v) is 4.79. The SMILES string of the molecule is CN(C(=O)[C@H]1CCCO1)C1CCCNCC1. The van der Waals surface area contributed by atoms with Gasteiger partial charge in [-0.3, -0.25) is 4.79 Å². The van der Waals surface area contributed by atoms with Gasteiger partial charge in [0.1, 0.15) is 6.10 Å². The van der Waals surface area contributed by atoms with Crippen LogP contribution in [0.5, 0.6) is 0 Å². The van der Waals surface area contributed by atoms with Crippen LogP contribution in [0.25, 0.3) is 0 Å². The summed E-state index contributed by atoms with van der Waals surface area (Å²) in [5.74, 6) is 0.185. The normalized spacial score (nSPS) is 31.1. The maximum Gasteiger partial charge on any atom is 0.251 e. The molecule has 2 atom stereocenters. The van der Waals surface area contributed by atoms with Gasteiger partial charge in [-0.15, -0.1) is 0 Å². The van der Waals surface area contributed by atoms with Crippen molar-refractivity contribution in [2.24, 2.45) is 0 Å². The predicted octanol–water partition coefficient (Wildman–Crippen LogP) is 0.766. The van der Waals surface area contributed by atoms with Crippen molar-refractivity contribution in [2.75, 3.05) is 26.7 Å². The summed E-state index contributed by atoms with van der Waals surface area (Å²) >= 11 is 0. The number of hydrogen-bond donors (Lipinski definition) is 1. The Morgan fingerprint density at radius 1 is 1.25 bits per heavy atom. The van der Waals surface area contributed by atoms with Crippen molar-refractivity contribution in [2.45, 2.75) is 44.2 Å². The van der Waals surface area contributed by atoms with Crippen molar-refractivity contribution in [3.05, 3.63) is 0 Å². The van der Waals surface area contributed by atoms with Gasteiger partial charge in [0.05, 0.1) is 0 Å². The number of nitrogens with zero attached hydrogens (tertiary/aromatic N) is 1. The summed E-state index contributed by atoms with van der Waals surface area (Å²) in [6, 6.07) is 0.395. The van der Waals surface area contributed by atoms with Crippen molar-refractivity contribution in [3.63, 3.8) is 0 Å². The average molecular weight is 226 g/mol. The Kier molecular flexibility index (Phi) is 4.18. The lowest BCUT2D eigenvalue weighted by atomic mass is 10.1. The number of amides is 1. The highest BCUT2D eigenvalue weighted by Crippen LogP contribution is 2.18. The molecular weight excluding hydrogens is 204 g/mol. The third-order valence-corrected chi connectivity index (χ3v) is 3.65. The van der Waals surface area contributed by atoms with E-state index in [-0.39, 0.29) is 12.0 Å². The van der Waals surface area contributed by atoms with Gasteiger partial charge in [0.15, 0.2) is 0 Å². The Hall–Kier alpha value is -0.610. The van der Waals surface area contributed by atoms with Crippen LogP contribution in [0.4, 0.5) is 0 Å². The lowest BCUT2D eigenvalue weighted by Crippen LogP contribution is -2.43. The molecule has 2 aliphatic rings. The van der Waals surface area contributed by atoms with Crippen molar-refractivity contribution >= 4 is 5.91 Å². The molecule has 0 radical (unpaired) electrons. The molecule has 1 amide bonds. The number of ether oxygens (including phenoxy) is 1. The monoisotopic (exact) mass is 226 g/mol. The van der Waals surface area contributed by atoms with Crippen molar-refractivity contribution in [1.82, 2.24) is 10.2 Å². The molecule has 4 nitrogen and oxygen atoms in total. The lowest BCUT2D eigenvalue weighted by Gasteiger charge is -2.29. The Labute approximate surface area is 97.3 Å². The summed E-state index contributed by atoms with van der Waals surface area (Å²) in [4.78, 5) is 14.1. The zero-order chi connectivity index (χ0) is 11.4. The third-order valence-electron chi connectivity index (χ3n) is 3.65. The minimum absolute atomic E-state index is 0.166. The quantitative estimate of drug-likeness (QED) is 0.756. The van der Waals surface area contributed by atoms with Gasteiger partial charge in [0.25, 0.3) is 5.91 Å². The van der Waals surface area contributed by atoms with Gasteiger partial charge in [0, 0.05) is 19.7 Å². The maximum atomic E-state index is 12.1. The van der Waals surface area contributed by atoms with E-state index in [1.165, 1.54) is 0 Å². The van der Waals surface area contributed by atoms with E-state index in [1.54, 1.807) is 0 Å². The van der Waals surface area contributed by atoms with Gasteiger partial charge >= 0.3 is 0 Å². The van der Waals surface area contributed by atoms with Crippen LogP contribution in [0.3, 0.4) is 0 Å². The first kappa shape index (κ1) is 11.9. The van der Waals surface area contributed by atoms with E-state index in [2.05, 4.69) is 5.32 Å². The number of likely N-dealkylation sites (N-methyl/N-ethyl adjacent to an activating group) is 1. The van der Waals surface area contributed by atoms with E-state index < -0.39 is 0 Å². The lowest BCUT2D eigenvalue weighted by molar-refractivity contribution is -0.141. The van der Waals surface area contributed by atoms with Crippen molar-refractivity contribution in [1.29, 1.82) is 0 Å². The summed E-state index contributed by atoms with van der Waals surface area (Å²) < 4.78 is 5.45. The van der Waals surface area contributed by atoms with Gasteiger partial charge in [-0.1, -0.05) is 0 Å². The highest BCUT2D eigenvalue weighted by atomic mass is 16.5. The van der Waals surface area contributed by atoms with E-state index in [9.17, 15) is 4.79 Å². The third kappa shape index (κ3) is 2.74. The standard InChI is InChI=1S/C12H22N2O2/c1-14(10-4-2-7-13-8-6-10)12(15)11-5-3-9-16-11/h10-11,13H,2-9H2,1H3/t10?,11-/m1/s1. The van der Waals surface area contributed by atoms with Crippen LogP contribution in [-0.2, 0) is 9.53 Å². The molecule has 2 fully saturated rings. The first-order chi connectivity index (χ1) is 7.79. The minimum Gasteiger partial charge on any atom is -0.368 e. The Balaban J connectivity index is 1.88. The molecule has 0 aromatic heterocycles. The van der Waals surface area contributed by atoms with Gasteiger partial charge in [-0.25, -0.2) is 0 Å².